The zero-order chi connectivity index (χ0) is 26.4. The first-order valence-electron chi connectivity index (χ1n) is 12.5. The summed E-state index contributed by atoms with van der Waals surface area (Å²) >= 11 is 1.64. The number of nitrogens with zero attached hydrogens (tertiary/aromatic N) is 1. The van der Waals surface area contributed by atoms with E-state index in [0.717, 1.165) is 32.8 Å². The van der Waals surface area contributed by atoms with Gasteiger partial charge in [0, 0.05) is 37.9 Å². The highest BCUT2D eigenvalue weighted by molar-refractivity contribution is 7.99. The van der Waals surface area contributed by atoms with Crippen LogP contribution in [0, 0.1) is 6.92 Å². The van der Waals surface area contributed by atoms with Gasteiger partial charge in [-0.3, -0.25) is 19.7 Å². The van der Waals surface area contributed by atoms with Crippen LogP contribution in [0.3, 0.4) is 0 Å². The first-order valence-corrected chi connectivity index (χ1v) is 13.4. The van der Waals surface area contributed by atoms with Gasteiger partial charge in [0.05, 0.1) is 5.69 Å². The Labute approximate surface area is 227 Å². The second kappa shape index (κ2) is 9.33. The number of amides is 5. The van der Waals surface area contributed by atoms with Gasteiger partial charge < -0.3 is 15.5 Å². The maximum atomic E-state index is 13.4. The number of rotatable bonds is 4. The number of benzene rings is 3. The van der Waals surface area contributed by atoms with Gasteiger partial charge in [-0.1, -0.05) is 48.0 Å². The monoisotopic (exact) mass is 530 g/mol. The van der Waals surface area contributed by atoms with E-state index < -0.39 is 11.6 Å². The van der Waals surface area contributed by atoms with Crippen molar-refractivity contribution in [3.63, 3.8) is 0 Å². The minimum Gasteiger partial charge on any atom is -0.325 e. The van der Waals surface area contributed by atoms with Gasteiger partial charge >= 0.3 is 6.03 Å². The number of aryl methyl sites for hydroxylation is 1. The molecule has 3 aromatic rings. The molecule has 0 radical (unpaired) electrons. The van der Waals surface area contributed by atoms with Crippen molar-refractivity contribution in [2.45, 2.75) is 41.9 Å². The van der Waals surface area contributed by atoms with Crippen molar-refractivity contribution in [2.24, 2.45) is 0 Å². The van der Waals surface area contributed by atoms with Gasteiger partial charge in [-0.05, 0) is 47.9 Å². The van der Waals surface area contributed by atoms with Gasteiger partial charge in [0.25, 0.3) is 5.91 Å². The standard InChI is InChI=1S/C29H26N4O4S.2H2/c1-17-6-8-18(9-7-17)24-13-26(35)33(22-4-2-3-5-23(22)38-24)16-25(34)30-21-11-10-19-14-29(15-20(19)12-21)27(36)31-28(37)32-29;;/h2-12,24H,13-16H2,1H3,(H,30,34)(H2,31,32,36,37);2*1H. The summed E-state index contributed by atoms with van der Waals surface area (Å²) in [5, 5.41) is 7.92. The summed E-state index contributed by atoms with van der Waals surface area (Å²) in [6, 6.07) is 20.9. The molecule has 3 aromatic carbocycles. The average Bonchev–Trinajstić information content (AvgIpc) is 3.34. The van der Waals surface area contributed by atoms with Crippen LogP contribution < -0.4 is 20.9 Å². The molecule has 5 amide bonds. The van der Waals surface area contributed by atoms with Crippen molar-refractivity contribution in [1.82, 2.24) is 10.6 Å². The molecule has 2 aliphatic heterocycles. The summed E-state index contributed by atoms with van der Waals surface area (Å²) in [6.07, 6.45) is 1.05. The Morgan fingerprint density at radius 2 is 1.82 bits per heavy atom. The van der Waals surface area contributed by atoms with Crippen molar-refractivity contribution in [2.75, 3.05) is 16.8 Å². The molecule has 2 atom stereocenters. The largest absolute Gasteiger partial charge is 0.325 e. The molecule has 2 unspecified atom stereocenters. The molecule has 196 valence electrons. The number of urea groups is 1. The average molecular weight is 531 g/mol. The Hall–Kier alpha value is -4.11. The lowest BCUT2D eigenvalue weighted by Crippen LogP contribution is -2.47. The lowest BCUT2D eigenvalue weighted by molar-refractivity contribution is -0.123. The fraction of sp³-hybridized carbons (Fsp3) is 0.241. The molecule has 1 fully saturated rings. The highest BCUT2D eigenvalue weighted by Gasteiger charge is 2.50. The third-order valence-corrected chi connectivity index (χ3v) is 8.65. The maximum Gasteiger partial charge on any atom is 0.322 e. The molecule has 1 saturated heterocycles. The van der Waals surface area contributed by atoms with Crippen molar-refractivity contribution in [1.29, 1.82) is 0 Å². The summed E-state index contributed by atoms with van der Waals surface area (Å²) < 4.78 is 0. The van der Waals surface area contributed by atoms with Crippen LogP contribution in [-0.4, -0.2) is 35.8 Å². The van der Waals surface area contributed by atoms with Crippen molar-refractivity contribution < 1.29 is 22.0 Å². The number of hydrogen-bond acceptors (Lipinski definition) is 5. The number of hydrogen-bond donors (Lipinski definition) is 3. The number of thioether (sulfide) groups is 1. The predicted molar refractivity (Wildman–Crippen MR) is 149 cm³/mol. The molecule has 8 nitrogen and oxygen atoms in total. The quantitative estimate of drug-likeness (QED) is 0.434. The fourth-order valence-corrected chi connectivity index (χ4v) is 6.67. The summed E-state index contributed by atoms with van der Waals surface area (Å²) in [6.45, 7) is 1.92. The number of nitrogens with one attached hydrogen (secondary N) is 3. The Morgan fingerprint density at radius 3 is 2.58 bits per heavy atom. The van der Waals surface area contributed by atoms with Crippen LogP contribution in [0.5, 0.6) is 0 Å². The molecule has 0 aromatic heterocycles. The van der Waals surface area contributed by atoms with E-state index in [4.69, 9.17) is 0 Å². The lowest BCUT2D eigenvalue weighted by atomic mass is 9.96. The van der Waals surface area contributed by atoms with Gasteiger partial charge in [-0.25, -0.2) is 4.79 Å². The summed E-state index contributed by atoms with van der Waals surface area (Å²) in [5.74, 6) is -0.752. The Morgan fingerprint density at radius 1 is 1.05 bits per heavy atom. The SMILES string of the molecule is Cc1ccc(C2CC(=O)N(CC(=O)Nc3ccc4c(c3)CC3(C4)NC(=O)NC3=O)c3ccccc3S2)cc1.[HH].[HH]. The van der Waals surface area contributed by atoms with Crippen LogP contribution in [-0.2, 0) is 27.2 Å². The molecule has 6 rings (SSSR count). The molecular formula is C29H30N4O4S. The van der Waals surface area contributed by atoms with E-state index in [1.54, 1.807) is 22.7 Å². The minimum atomic E-state index is -0.962. The number of para-hydroxylation sites is 1. The second-order valence-electron chi connectivity index (χ2n) is 10.0. The van der Waals surface area contributed by atoms with Crippen molar-refractivity contribution in [3.8, 4) is 0 Å². The zero-order valence-electron chi connectivity index (χ0n) is 20.7. The molecule has 3 N–H and O–H groups in total. The number of carbonyl (C=O) groups excluding carboxylic acids is 4. The smallest absolute Gasteiger partial charge is 0.322 e. The summed E-state index contributed by atoms with van der Waals surface area (Å²) in [4.78, 5) is 53.1. The molecule has 2 heterocycles. The first kappa shape index (κ1) is 24.2. The van der Waals surface area contributed by atoms with Crippen LogP contribution >= 0.6 is 11.8 Å². The summed E-state index contributed by atoms with van der Waals surface area (Å²) in [7, 11) is 0. The van der Waals surface area contributed by atoms with Crippen LogP contribution in [0.2, 0.25) is 0 Å². The number of fused-ring (bicyclic) bond motifs is 2. The number of anilines is 2. The summed E-state index contributed by atoms with van der Waals surface area (Å²) in [5.41, 5.74) is 4.44. The molecule has 0 saturated carbocycles. The van der Waals surface area contributed by atoms with E-state index in [9.17, 15) is 19.2 Å². The van der Waals surface area contributed by atoms with Crippen molar-refractivity contribution in [3.05, 3.63) is 89.0 Å². The van der Waals surface area contributed by atoms with E-state index in [2.05, 4.69) is 28.1 Å². The molecule has 1 aliphatic carbocycles. The van der Waals surface area contributed by atoms with E-state index in [0.29, 0.717) is 18.5 Å². The molecule has 38 heavy (non-hydrogen) atoms. The van der Waals surface area contributed by atoms with Crippen LogP contribution in [0.4, 0.5) is 16.2 Å². The topological polar surface area (TPSA) is 108 Å². The van der Waals surface area contributed by atoms with Gasteiger partial charge in [0.1, 0.15) is 12.1 Å². The van der Waals surface area contributed by atoms with Crippen LogP contribution in [0.25, 0.3) is 0 Å². The molecule has 3 aliphatic rings. The molecule has 0 bridgehead atoms. The minimum absolute atomic E-state index is 0. The van der Waals surface area contributed by atoms with Gasteiger partial charge in [0.2, 0.25) is 11.8 Å². The third kappa shape index (κ3) is 4.43. The normalized spacial score (nSPS) is 22.0. The van der Waals surface area contributed by atoms with E-state index >= 15 is 0 Å². The Balaban J connectivity index is 0.00000185. The maximum absolute atomic E-state index is 13.4. The van der Waals surface area contributed by atoms with E-state index in [1.807, 2.05) is 55.5 Å². The Kier molecular flexibility index (Phi) is 5.95. The lowest BCUT2D eigenvalue weighted by Gasteiger charge is -2.22. The molecular weight excluding hydrogens is 500 g/mol. The molecule has 9 heteroatoms. The highest BCUT2D eigenvalue weighted by Crippen LogP contribution is 2.45. The third-order valence-electron chi connectivity index (χ3n) is 7.33. The van der Waals surface area contributed by atoms with Gasteiger partial charge in [0.15, 0.2) is 0 Å². The predicted octanol–water partition coefficient (Wildman–Crippen LogP) is 4.37. The zero-order valence-corrected chi connectivity index (χ0v) is 21.6. The highest BCUT2D eigenvalue weighted by atomic mass is 32.2. The van der Waals surface area contributed by atoms with E-state index in [1.165, 1.54) is 0 Å². The van der Waals surface area contributed by atoms with Gasteiger partial charge in [-0.15, -0.1) is 11.8 Å². The van der Waals surface area contributed by atoms with Gasteiger partial charge in [-0.2, -0.15) is 0 Å². The number of carbonyl (C=O) groups is 4. The van der Waals surface area contributed by atoms with E-state index in [-0.39, 0.29) is 38.8 Å². The first-order chi connectivity index (χ1) is 18.3. The fourth-order valence-electron chi connectivity index (χ4n) is 5.39. The van der Waals surface area contributed by atoms with Crippen molar-refractivity contribution >= 4 is 46.9 Å². The van der Waals surface area contributed by atoms with Crippen LogP contribution in [0.1, 0.15) is 36.8 Å². The Bertz CT molecular complexity index is 1500. The second-order valence-corrected chi connectivity index (χ2v) is 11.3. The molecule has 1 spiro atoms. The number of imide groups is 1. The van der Waals surface area contributed by atoms with Crippen LogP contribution in [0.15, 0.2) is 71.6 Å².